The van der Waals surface area contributed by atoms with E-state index in [0.717, 1.165) is 44.5 Å². The standard InChI is InChI=1S/C25H18N2O/c1-17-12-13-20-21(15-17)23(16-18-7-3-2-4-8-18)27(25(20)28)22-11-5-9-19-10-6-14-26-24(19)22/h2-16H,1H3/b23-16+. The largest absolute Gasteiger partial charge is 0.274 e. The first-order chi connectivity index (χ1) is 13.7. The maximum atomic E-state index is 13.4. The second-order valence-corrected chi connectivity index (χ2v) is 6.98. The van der Waals surface area contributed by atoms with Crippen LogP contribution in [0.1, 0.15) is 27.0 Å². The molecular formula is C25H18N2O. The second-order valence-electron chi connectivity index (χ2n) is 6.98. The first-order valence-electron chi connectivity index (χ1n) is 9.28. The lowest BCUT2D eigenvalue weighted by Gasteiger charge is -2.20. The molecule has 2 heterocycles. The lowest BCUT2D eigenvalue weighted by Crippen LogP contribution is -2.22. The molecule has 1 amide bonds. The predicted molar refractivity (Wildman–Crippen MR) is 114 cm³/mol. The fraction of sp³-hybridized carbons (Fsp3) is 0.0400. The zero-order chi connectivity index (χ0) is 19.1. The molecule has 0 radical (unpaired) electrons. The number of amides is 1. The van der Waals surface area contributed by atoms with Gasteiger partial charge in [0.2, 0.25) is 0 Å². The van der Waals surface area contributed by atoms with Crippen molar-refractivity contribution in [3.8, 4) is 0 Å². The Bertz CT molecular complexity index is 1240. The van der Waals surface area contributed by atoms with E-state index in [2.05, 4.69) is 17.1 Å². The average molecular weight is 362 g/mol. The van der Waals surface area contributed by atoms with E-state index in [1.807, 2.05) is 79.7 Å². The van der Waals surface area contributed by atoms with Crippen LogP contribution in [0.3, 0.4) is 0 Å². The molecule has 0 bridgehead atoms. The number of benzene rings is 3. The van der Waals surface area contributed by atoms with Gasteiger partial charge in [0.15, 0.2) is 0 Å². The van der Waals surface area contributed by atoms with Gasteiger partial charge >= 0.3 is 0 Å². The SMILES string of the molecule is Cc1ccc2c(c1)/C(=C\c1ccccc1)N(c1cccc3cccnc13)C2=O. The van der Waals surface area contributed by atoms with E-state index in [1.54, 1.807) is 11.1 Å². The third kappa shape index (κ3) is 2.60. The Hall–Kier alpha value is -3.72. The molecular weight excluding hydrogens is 344 g/mol. The zero-order valence-electron chi connectivity index (χ0n) is 15.5. The number of fused-ring (bicyclic) bond motifs is 2. The number of nitrogens with zero attached hydrogens (tertiary/aromatic N) is 2. The maximum Gasteiger partial charge on any atom is 0.263 e. The highest BCUT2D eigenvalue weighted by atomic mass is 16.2. The third-order valence-corrected chi connectivity index (χ3v) is 5.08. The Morgan fingerprint density at radius 2 is 1.68 bits per heavy atom. The molecule has 0 fully saturated rings. The molecule has 0 atom stereocenters. The summed E-state index contributed by atoms with van der Waals surface area (Å²) in [5.41, 5.74) is 6.37. The van der Waals surface area contributed by atoms with Gasteiger partial charge in [-0.15, -0.1) is 0 Å². The van der Waals surface area contributed by atoms with Gasteiger partial charge < -0.3 is 0 Å². The molecule has 28 heavy (non-hydrogen) atoms. The van der Waals surface area contributed by atoms with Crippen LogP contribution in [0.4, 0.5) is 5.69 Å². The predicted octanol–water partition coefficient (Wildman–Crippen LogP) is 5.70. The minimum Gasteiger partial charge on any atom is -0.274 e. The van der Waals surface area contributed by atoms with E-state index in [9.17, 15) is 4.79 Å². The molecule has 0 saturated heterocycles. The smallest absolute Gasteiger partial charge is 0.263 e. The van der Waals surface area contributed by atoms with Crippen molar-refractivity contribution in [1.29, 1.82) is 0 Å². The van der Waals surface area contributed by atoms with Crippen molar-refractivity contribution in [3.63, 3.8) is 0 Å². The van der Waals surface area contributed by atoms with Crippen molar-refractivity contribution in [2.75, 3.05) is 4.90 Å². The van der Waals surface area contributed by atoms with Crippen LogP contribution in [-0.4, -0.2) is 10.9 Å². The van der Waals surface area contributed by atoms with Crippen LogP contribution in [0.15, 0.2) is 85.1 Å². The van der Waals surface area contributed by atoms with Gasteiger partial charge in [0.25, 0.3) is 5.91 Å². The van der Waals surface area contributed by atoms with E-state index in [-0.39, 0.29) is 5.91 Å². The molecule has 3 nitrogen and oxygen atoms in total. The van der Waals surface area contributed by atoms with Crippen LogP contribution in [-0.2, 0) is 0 Å². The highest BCUT2D eigenvalue weighted by Gasteiger charge is 2.34. The van der Waals surface area contributed by atoms with Gasteiger partial charge in [0.05, 0.1) is 16.9 Å². The summed E-state index contributed by atoms with van der Waals surface area (Å²) < 4.78 is 0. The number of para-hydroxylation sites is 1. The summed E-state index contributed by atoms with van der Waals surface area (Å²) in [5.74, 6) is -0.0182. The van der Waals surface area contributed by atoms with Crippen molar-refractivity contribution >= 4 is 34.3 Å². The molecule has 5 rings (SSSR count). The van der Waals surface area contributed by atoms with E-state index < -0.39 is 0 Å². The zero-order valence-corrected chi connectivity index (χ0v) is 15.5. The fourth-order valence-corrected chi connectivity index (χ4v) is 3.76. The van der Waals surface area contributed by atoms with Gasteiger partial charge in [-0.1, -0.05) is 60.2 Å². The Labute approximate surface area is 163 Å². The quantitative estimate of drug-likeness (QED) is 0.458. The molecule has 0 aliphatic carbocycles. The van der Waals surface area contributed by atoms with Crippen molar-refractivity contribution in [3.05, 3.63) is 107 Å². The molecule has 3 aromatic carbocycles. The lowest BCUT2D eigenvalue weighted by atomic mass is 10.0. The second kappa shape index (κ2) is 6.46. The topological polar surface area (TPSA) is 33.2 Å². The Kier molecular flexibility index (Phi) is 3.80. The Balaban J connectivity index is 1.78. The van der Waals surface area contributed by atoms with Gasteiger partial charge in [-0.05, 0) is 42.8 Å². The van der Waals surface area contributed by atoms with Crippen molar-refractivity contribution in [1.82, 2.24) is 4.98 Å². The van der Waals surface area contributed by atoms with Crippen LogP contribution < -0.4 is 4.90 Å². The fourth-order valence-electron chi connectivity index (χ4n) is 3.76. The Morgan fingerprint density at radius 3 is 2.54 bits per heavy atom. The van der Waals surface area contributed by atoms with Gasteiger partial charge in [-0.25, -0.2) is 0 Å². The number of anilines is 1. The van der Waals surface area contributed by atoms with Gasteiger partial charge in [-0.2, -0.15) is 0 Å². The molecule has 0 spiro atoms. The minimum atomic E-state index is -0.0182. The highest BCUT2D eigenvalue weighted by Crippen LogP contribution is 2.40. The molecule has 1 aliphatic heterocycles. The molecule has 3 heteroatoms. The summed E-state index contributed by atoms with van der Waals surface area (Å²) in [5, 5.41) is 1.01. The molecule has 1 aliphatic rings. The number of carbonyl (C=O) groups excluding carboxylic acids is 1. The van der Waals surface area contributed by atoms with Crippen LogP contribution in [0, 0.1) is 6.92 Å². The van der Waals surface area contributed by atoms with Crippen LogP contribution >= 0.6 is 0 Å². The molecule has 1 aromatic heterocycles. The van der Waals surface area contributed by atoms with Crippen LogP contribution in [0.2, 0.25) is 0 Å². The summed E-state index contributed by atoms with van der Waals surface area (Å²) in [6, 6.07) is 26.0. The summed E-state index contributed by atoms with van der Waals surface area (Å²) in [6.45, 7) is 2.05. The number of hydrogen-bond acceptors (Lipinski definition) is 2. The first kappa shape index (κ1) is 16.5. The van der Waals surface area contributed by atoms with E-state index in [4.69, 9.17) is 0 Å². The van der Waals surface area contributed by atoms with Crippen molar-refractivity contribution in [2.45, 2.75) is 6.92 Å². The maximum absolute atomic E-state index is 13.4. The number of hydrogen-bond donors (Lipinski definition) is 0. The van der Waals surface area contributed by atoms with Crippen molar-refractivity contribution < 1.29 is 4.79 Å². The van der Waals surface area contributed by atoms with Crippen LogP contribution in [0.25, 0.3) is 22.7 Å². The summed E-state index contributed by atoms with van der Waals surface area (Å²) in [7, 11) is 0. The number of aromatic nitrogens is 1. The molecule has 0 saturated carbocycles. The Morgan fingerprint density at radius 1 is 0.857 bits per heavy atom. The molecule has 4 aromatic rings. The first-order valence-corrected chi connectivity index (χ1v) is 9.28. The monoisotopic (exact) mass is 362 g/mol. The molecule has 0 N–H and O–H groups in total. The normalized spacial score (nSPS) is 14.7. The van der Waals surface area contributed by atoms with E-state index in [0.29, 0.717) is 0 Å². The van der Waals surface area contributed by atoms with Crippen molar-refractivity contribution in [2.24, 2.45) is 0 Å². The third-order valence-electron chi connectivity index (χ3n) is 5.08. The summed E-state index contributed by atoms with van der Waals surface area (Å²) in [6.07, 6.45) is 3.84. The van der Waals surface area contributed by atoms with Gasteiger partial charge in [-0.3, -0.25) is 14.7 Å². The number of rotatable bonds is 2. The van der Waals surface area contributed by atoms with Gasteiger partial charge in [0.1, 0.15) is 0 Å². The van der Waals surface area contributed by atoms with Gasteiger partial charge in [0, 0.05) is 22.7 Å². The number of aryl methyl sites for hydroxylation is 1. The van der Waals surface area contributed by atoms with E-state index in [1.165, 1.54) is 0 Å². The minimum absolute atomic E-state index is 0.0182. The number of pyridine rings is 1. The summed E-state index contributed by atoms with van der Waals surface area (Å²) in [4.78, 5) is 19.8. The molecule has 0 unspecified atom stereocenters. The van der Waals surface area contributed by atoms with E-state index >= 15 is 0 Å². The average Bonchev–Trinajstić information content (AvgIpc) is 2.99. The van der Waals surface area contributed by atoms with Crippen LogP contribution in [0.5, 0.6) is 0 Å². The summed E-state index contributed by atoms with van der Waals surface area (Å²) >= 11 is 0. The lowest BCUT2D eigenvalue weighted by molar-refractivity contribution is 0.101. The molecule has 134 valence electrons. The highest BCUT2D eigenvalue weighted by molar-refractivity contribution is 6.26. The number of carbonyl (C=O) groups is 1.